The molecule has 11 heteroatoms. The van der Waals surface area contributed by atoms with Gasteiger partial charge in [0, 0.05) is 48.1 Å². The van der Waals surface area contributed by atoms with E-state index in [0.717, 1.165) is 24.4 Å². The summed E-state index contributed by atoms with van der Waals surface area (Å²) in [4.78, 5) is 17.1. The van der Waals surface area contributed by atoms with Gasteiger partial charge in [0.25, 0.3) is 6.43 Å². The lowest BCUT2D eigenvalue weighted by Crippen LogP contribution is -2.59. The third-order valence-corrected chi connectivity index (χ3v) is 6.22. The minimum absolute atomic E-state index is 0.0762. The van der Waals surface area contributed by atoms with Gasteiger partial charge in [-0.05, 0) is 18.4 Å². The van der Waals surface area contributed by atoms with E-state index in [1.807, 2.05) is 6.26 Å². The van der Waals surface area contributed by atoms with Gasteiger partial charge < -0.3 is 10.1 Å². The van der Waals surface area contributed by atoms with Crippen molar-refractivity contribution in [1.82, 2.24) is 15.3 Å². The Hall–Kier alpha value is -2.82. The van der Waals surface area contributed by atoms with Crippen LogP contribution in [0.2, 0.25) is 0 Å². The number of nitrogens with one attached hydrogen (secondary N) is 1. The van der Waals surface area contributed by atoms with Gasteiger partial charge in [-0.3, -0.25) is 14.8 Å². The molecule has 1 N–H and O–H groups in total. The first-order chi connectivity index (χ1) is 15.9. The number of hydrogen-bond acceptors (Lipinski definition) is 6. The second-order valence-electron chi connectivity index (χ2n) is 7.84. The Bertz CT molecular complexity index is 1020. The predicted molar refractivity (Wildman–Crippen MR) is 116 cm³/mol. The van der Waals surface area contributed by atoms with Crippen LogP contribution in [0.3, 0.4) is 0 Å². The molecule has 1 fully saturated rings. The molecule has 1 aromatic carbocycles. The molecule has 3 atom stereocenters. The molecule has 0 aliphatic carbocycles. The quantitative estimate of drug-likeness (QED) is 0.582. The van der Waals surface area contributed by atoms with Gasteiger partial charge in [-0.1, -0.05) is 0 Å². The number of rotatable bonds is 8. The number of ether oxygens (including phenoxy) is 1. The molecule has 1 aromatic heterocycles. The van der Waals surface area contributed by atoms with Crippen LogP contribution in [0.15, 0.2) is 41.6 Å². The van der Waals surface area contributed by atoms with E-state index >= 15 is 0 Å². The maximum Gasteiger partial charge on any atom is 0.265 e. The van der Waals surface area contributed by atoms with Gasteiger partial charge in [0.05, 0.1) is 30.6 Å². The Morgan fingerprint density at radius 2 is 2.00 bits per heavy atom. The van der Waals surface area contributed by atoms with Crippen molar-refractivity contribution in [2.24, 2.45) is 11.0 Å². The zero-order valence-corrected chi connectivity index (χ0v) is 18.5. The van der Waals surface area contributed by atoms with Crippen LogP contribution in [0.5, 0.6) is 5.75 Å². The molecule has 2 aliphatic rings. The highest BCUT2D eigenvalue weighted by Crippen LogP contribution is 2.31. The summed E-state index contributed by atoms with van der Waals surface area (Å²) in [5.74, 6) is -1.19. The molecule has 2 aliphatic heterocycles. The Morgan fingerprint density at radius 1 is 1.24 bits per heavy atom. The Kier molecular flexibility index (Phi) is 7.06. The fraction of sp³-hybridized carbons (Fsp3) is 0.409. The minimum atomic E-state index is -2.61. The summed E-state index contributed by atoms with van der Waals surface area (Å²) in [5.41, 5.74) is 0.888. The van der Waals surface area contributed by atoms with Gasteiger partial charge in [0.2, 0.25) is 5.91 Å². The number of hydrazone groups is 1. The summed E-state index contributed by atoms with van der Waals surface area (Å²) in [6.45, 7) is 0.564. The second-order valence-corrected chi connectivity index (χ2v) is 8.75. The molecule has 3 unspecified atom stereocenters. The van der Waals surface area contributed by atoms with Crippen molar-refractivity contribution in [1.29, 1.82) is 0 Å². The van der Waals surface area contributed by atoms with Gasteiger partial charge in [-0.2, -0.15) is 16.9 Å². The molecular weight excluding hydrogens is 460 g/mol. The number of carbonyl (C=O) groups is 1. The average molecular weight is 483 g/mol. The molecule has 1 amide bonds. The first-order valence-corrected chi connectivity index (χ1v) is 11.7. The highest BCUT2D eigenvalue weighted by atomic mass is 32.2. The number of benzene rings is 1. The van der Waals surface area contributed by atoms with Crippen LogP contribution in [0.1, 0.15) is 24.1 Å². The number of halogens is 4. The average Bonchev–Trinajstić information content (AvgIpc) is 3.12. The molecule has 0 radical (unpaired) electrons. The third kappa shape index (κ3) is 5.23. The van der Waals surface area contributed by atoms with E-state index < -0.39 is 24.1 Å². The van der Waals surface area contributed by atoms with Gasteiger partial charge in [-0.15, -0.1) is 0 Å². The number of nitrogens with zero attached hydrogens (tertiary/aromatic N) is 3. The summed E-state index contributed by atoms with van der Waals surface area (Å²) in [6, 6.07) is 4.98. The van der Waals surface area contributed by atoms with Crippen molar-refractivity contribution in [3.8, 4) is 5.75 Å². The van der Waals surface area contributed by atoms with Crippen LogP contribution in [-0.4, -0.2) is 58.9 Å². The highest BCUT2D eigenvalue weighted by Gasteiger charge is 2.46. The molecule has 0 spiro atoms. The van der Waals surface area contributed by atoms with E-state index in [4.69, 9.17) is 4.74 Å². The Labute approximate surface area is 192 Å². The van der Waals surface area contributed by atoms with Gasteiger partial charge >= 0.3 is 0 Å². The highest BCUT2D eigenvalue weighted by molar-refractivity contribution is 7.98. The fourth-order valence-corrected chi connectivity index (χ4v) is 4.73. The summed E-state index contributed by atoms with van der Waals surface area (Å²) >= 11 is 1.56. The molecule has 3 heterocycles. The summed E-state index contributed by atoms with van der Waals surface area (Å²) < 4.78 is 57.8. The Morgan fingerprint density at radius 3 is 2.64 bits per heavy atom. The van der Waals surface area contributed by atoms with Crippen LogP contribution >= 0.6 is 11.8 Å². The van der Waals surface area contributed by atoms with Crippen LogP contribution in [0.25, 0.3) is 0 Å². The zero-order valence-electron chi connectivity index (χ0n) is 17.7. The number of amides is 1. The normalized spacial score (nSPS) is 22.2. The monoisotopic (exact) mass is 482 g/mol. The number of carbonyl (C=O) groups excluding carboxylic acids is 1. The fourth-order valence-electron chi connectivity index (χ4n) is 4.03. The summed E-state index contributed by atoms with van der Waals surface area (Å²) in [7, 11) is 0. The van der Waals surface area contributed by atoms with E-state index in [0.29, 0.717) is 30.1 Å². The Balaban J connectivity index is 1.45. The predicted octanol–water partition coefficient (Wildman–Crippen LogP) is 3.63. The van der Waals surface area contributed by atoms with Crippen molar-refractivity contribution in [3.05, 3.63) is 59.4 Å². The zero-order chi connectivity index (χ0) is 23.5. The minimum Gasteiger partial charge on any atom is -0.493 e. The molecule has 33 heavy (non-hydrogen) atoms. The molecule has 176 valence electrons. The maximum absolute atomic E-state index is 13.3. The maximum atomic E-state index is 13.3. The molecule has 0 bridgehead atoms. The second kappa shape index (κ2) is 9.98. The van der Waals surface area contributed by atoms with E-state index in [9.17, 15) is 22.4 Å². The van der Waals surface area contributed by atoms with Crippen molar-refractivity contribution in [3.63, 3.8) is 0 Å². The van der Waals surface area contributed by atoms with E-state index in [1.165, 1.54) is 12.1 Å². The van der Waals surface area contributed by atoms with E-state index in [-0.39, 0.29) is 35.8 Å². The van der Waals surface area contributed by atoms with Crippen molar-refractivity contribution in [2.45, 2.75) is 24.9 Å². The lowest BCUT2D eigenvalue weighted by Gasteiger charge is -2.36. The SMILES string of the molecule is CSCC1C(c2ccc(C(F)F)cn2)=NN2CC(CCOc3cc(F)cc(F)c3)NC(=O)C12. The number of piperazine rings is 1. The molecule has 6 nitrogen and oxygen atoms in total. The van der Waals surface area contributed by atoms with Crippen LogP contribution in [0.4, 0.5) is 17.6 Å². The number of hydrogen-bond donors (Lipinski definition) is 1. The van der Waals surface area contributed by atoms with E-state index in [2.05, 4.69) is 15.4 Å². The lowest BCUT2D eigenvalue weighted by atomic mass is 9.92. The number of aromatic nitrogens is 1. The molecule has 4 rings (SSSR count). The van der Waals surface area contributed by atoms with Gasteiger partial charge in [0.1, 0.15) is 23.4 Å². The number of fused-ring (bicyclic) bond motifs is 1. The summed E-state index contributed by atoms with van der Waals surface area (Å²) in [5, 5.41) is 9.31. The van der Waals surface area contributed by atoms with Crippen LogP contribution in [-0.2, 0) is 4.79 Å². The standard InChI is InChI=1S/C22H22F4N4O2S/c1-33-11-17-19(18-3-2-12(9-27-18)21(25)26)29-30-10-15(28-22(31)20(17)30)4-5-32-16-7-13(23)6-14(24)8-16/h2-3,6-9,15,17,20-21H,4-5,10-11H2,1H3,(H,28,31). The van der Waals surface area contributed by atoms with Gasteiger partial charge in [0.15, 0.2) is 0 Å². The molecule has 2 aromatic rings. The van der Waals surface area contributed by atoms with Gasteiger partial charge in [-0.25, -0.2) is 17.6 Å². The topological polar surface area (TPSA) is 66.8 Å². The smallest absolute Gasteiger partial charge is 0.265 e. The van der Waals surface area contributed by atoms with Crippen LogP contribution < -0.4 is 10.1 Å². The first kappa shape index (κ1) is 23.3. The largest absolute Gasteiger partial charge is 0.493 e. The number of pyridine rings is 1. The molecule has 0 saturated carbocycles. The van der Waals surface area contributed by atoms with Crippen molar-refractivity contribution in [2.75, 3.05) is 25.2 Å². The van der Waals surface area contributed by atoms with Crippen molar-refractivity contribution >= 4 is 23.4 Å². The summed E-state index contributed by atoms with van der Waals surface area (Å²) in [6.07, 6.45) is 0.852. The number of alkyl halides is 2. The van der Waals surface area contributed by atoms with Crippen molar-refractivity contribution < 1.29 is 27.1 Å². The van der Waals surface area contributed by atoms with E-state index in [1.54, 1.807) is 16.8 Å². The van der Waals surface area contributed by atoms with Crippen LogP contribution in [0, 0.1) is 17.6 Å². The molecule has 1 saturated heterocycles. The lowest BCUT2D eigenvalue weighted by molar-refractivity contribution is -0.131. The third-order valence-electron chi connectivity index (χ3n) is 5.53. The number of thioether (sulfide) groups is 1. The molecular formula is C22H22F4N4O2S. The first-order valence-electron chi connectivity index (χ1n) is 10.3.